The van der Waals surface area contributed by atoms with E-state index in [1.54, 1.807) is 4.90 Å². The number of hydrogen-bond donors (Lipinski definition) is 1. The lowest BCUT2D eigenvalue weighted by Crippen LogP contribution is -2.61. The molecule has 82 valence electrons. The normalized spacial score (nSPS) is 21.6. The lowest BCUT2D eigenvalue weighted by molar-refractivity contribution is -0.142. The zero-order valence-corrected chi connectivity index (χ0v) is 9.03. The Morgan fingerprint density at radius 1 is 1.64 bits per heavy atom. The molecule has 14 heavy (non-hydrogen) atoms. The van der Waals surface area contributed by atoms with E-state index >= 15 is 0 Å². The van der Waals surface area contributed by atoms with Crippen molar-refractivity contribution in [3.05, 3.63) is 0 Å². The maximum atomic E-state index is 11.1. The molecule has 1 unspecified atom stereocenters. The standard InChI is InChI=1S/C10H20N2O2/c1-8(2)7-14-5-3-4-12-6-9(11)10(12)13/h8-9H,3-7,11H2,1-2H3. The third kappa shape index (κ3) is 3.27. The average Bonchev–Trinajstić information content (AvgIpc) is 2.15. The first kappa shape index (κ1) is 11.5. The Hall–Kier alpha value is -0.610. The van der Waals surface area contributed by atoms with Gasteiger partial charge in [0.15, 0.2) is 0 Å². The first-order valence-corrected chi connectivity index (χ1v) is 5.23. The summed E-state index contributed by atoms with van der Waals surface area (Å²) < 4.78 is 5.41. The number of likely N-dealkylation sites (tertiary alicyclic amines) is 1. The summed E-state index contributed by atoms with van der Waals surface area (Å²) in [5, 5.41) is 0. The van der Waals surface area contributed by atoms with Crippen LogP contribution in [0.25, 0.3) is 0 Å². The van der Waals surface area contributed by atoms with Crippen LogP contribution in [0.2, 0.25) is 0 Å². The van der Waals surface area contributed by atoms with Crippen molar-refractivity contribution in [2.24, 2.45) is 11.7 Å². The number of rotatable bonds is 6. The number of amides is 1. The number of nitrogens with zero attached hydrogens (tertiary/aromatic N) is 1. The Balaban J connectivity index is 1.92. The molecule has 0 aliphatic carbocycles. The Kier molecular flexibility index (Phi) is 4.35. The second-order valence-electron chi connectivity index (χ2n) is 4.21. The van der Waals surface area contributed by atoms with Crippen LogP contribution >= 0.6 is 0 Å². The van der Waals surface area contributed by atoms with E-state index in [9.17, 15) is 4.79 Å². The molecule has 4 heteroatoms. The van der Waals surface area contributed by atoms with Crippen molar-refractivity contribution in [2.45, 2.75) is 26.3 Å². The van der Waals surface area contributed by atoms with Gasteiger partial charge in [-0.1, -0.05) is 13.8 Å². The van der Waals surface area contributed by atoms with Gasteiger partial charge >= 0.3 is 0 Å². The molecule has 0 bridgehead atoms. The largest absolute Gasteiger partial charge is 0.381 e. The van der Waals surface area contributed by atoms with E-state index in [4.69, 9.17) is 10.5 Å². The van der Waals surface area contributed by atoms with E-state index in [-0.39, 0.29) is 11.9 Å². The molecular formula is C10H20N2O2. The minimum absolute atomic E-state index is 0.0776. The van der Waals surface area contributed by atoms with Gasteiger partial charge in [-0.15, -0.1) is 0 Å². The summed E-state index contributed by atoms with van der Waals surface area (Å²) in [5.74, 6) is 0.655. The highest BCUT2D eigenvalue weighted by Gasteiger charge is 2.32. The third-order valence-electron chi connectivity index (χ3n) is 2.21. The van der Waals surface area contributed by atoms with E-state index in [0.29, 0.717) is 12.5 Å². The molecule has 1 atom stereocenters. The molecule has 4 nitrogen and oxygen atoms in total. The van der Waals surface area contributed by atoms with Gasteiger partial charge < -0.3 is 15.4 Å². The summed E-state index contributed by atoms with van der Waals surface area (Å²) >= 11 is 0. The van der Waals surface area contributed by atoms with Crippen molar-refractivity contribution in [3.63, 3.8) is 0 Å². The number of ether oxygens (including phenoxy) is 1. The fraction of sp³-hybridized carbons (Fsp3) is 0.900. The molecule has 1 amide bonds. The van der Waals surface area contributed by atoms with Gasteiger partial charge in [0, 0.05) is 26.3 Å². The minimum Gasteiger partial charge on any atom is -0.381 e. The number of carbonyl (C=O) groups is 1. The van der Waals surface area contributed by atoms with Crippen molar-refractivity contribution in [2.75, 3.05) is 26.3 Å². The maximum Gasteiger partial charge on any atom is 0.241 e. The topological polar surface area (TPSA) is 55.6 Å². The van der Waals surface area contributed by atoms with Crippen molar-refractivity contribution in [3.8, 4) is 0 Å². The van der Waals surface area contributed by atoms with Crippen LogP contribution in [0.4, 0.5) is 0 Å². The Morgan fingerprint density at radius 3 is 2.86 bits per heavy atom. The highest BCUT2D eigenvalue weighted by Crippen LogP contribution is 2.07. The van der Waals surface area contributed by atoms with Crippen LogP contribution in [0.1, 0.15) is 20.3 Å². The Morgan fingerprint density at radius 2 is 2.36 bits per heavy atom. The molecule has 0 spiro atoms. The molecule has 1 fully saturated rings. The second-order valence-corrected chi connectivity index (χ2v) is 4.21. The fourth-order valence-electron chi connectivity index (χ4n) is 1.41. The second kappa shape index (κ2) is 5.32. The monoisotopic (exact) mass is 200 g/mol. The number of nitrogens with two attached hydrogens (primary N) is 1. The van der Waals surface area contributed by atoms with Gasteiger partial charge in [0.25, 0.3) is 0 Å². The molecular weight excluding hydrogens is 180 g/mol. The quantitative estimate of drug-likeness (QED) is 0.493. The zero-order valence-electron chi connectivity index (χ0n) is 9.03. The Bertz CT molecular complexity index is 195. The van der Waals surface area contributed by atoms with Gasteiger partial charge in [-0.3, -0.25) is 4.79 Å². The Labute approximate surface area is 85.4 Å². The van der Waals surface area contributed by atoms with Crippen LogP contribution in [-0.2, 0) is 9.53 Å². The van der Waals surface area contributed by atoms with E-state index in [0.717, 1.165) is 26.2 Å². The van der Waals surface area contributed by atoms with Crippen LogP contribution < -0.4 is 5.73 Å². The predicted octanol–water partition coefficient (Wildman–Crippen LogP) is 0.219. The van der Waals surface area contributed by atoms with Crippen molar-refractivity contribution < 1.29 is 9.53 Å². The number of hydrogen-bond acceptors (Lipinski definition) is 3. The van der Waals surface area contributed by atoms with Gasteiger partial charge in [0.05, 0.1) is 0 Å². The number of β-lactam (4-membered cyclic amide) rings is 1. The summed E-state index contributed by atoms with van der Waals surface area (Å²) in [7, 11) is 0. The van der Waals surface area contributed by atoms with Crippen molar-refractivity contribution in [1.82, 2.24) is 4.90 Å². The molecule has 1 rings (SSSR count). The van der Waals surface area contributed by atoms with Crippen molar-refractivity contribution >= 4 is 5.91 Å². The maximum absolute atomic E-state index is 11.1. The molecule has 1 aliphatic heterocycles. The SMILES string of the molecule is CC(C)COCCCN1CC(N)C1=O. The van der Waals surface area contributed by atoms with Gasteiger partial charge in [0.1, 0.15) is 6.04 Å². The van der Waals surface area contributed by atoms with Crippen LogP contribution in [0.3, 0.4) is 0 Å². The summed E-state index contributed by atoms with van der Waals surface area (Å²) in [5.41, 5.74) is 5.46. The summed E-state index contributed by atoms with van der Waals surface area (Å²) in [4.78, 5) is 12.9. The molecule has 1 aliphatic rings. The highest BCUT2D eigenvalue weighted by atomic mass is 16.5. The highest BCUT2D eigenvalue weighted by molar-refractivity contribution is 5.87. The molecule has 0 radical (unpaired) electrons. The fourth-order valence-corrected chi connectivity index (χ4v) is 1.41. The average molecular weight is 200 g/mol. The first-order valence-electron chi connectivity index (χ1n) is 5.23. The molecule has 1 heterocycles. The third-order valence-corrected chi connectivity index (χ3v) is 2.21. The lowest BCUT2D eigenvalue weighted by atomic mass is 10.1. The van der Waals surface area contributed by atoms with Crippen LogP contribution in [0.15, 0.2) is 0 Å². The summed E-state index contributed by atoms with van der Waals surface area (Å²) in [6.07, 6.45) is 0.908. The predicted molar refractivity (Wildman–Crippen MR) is 54.8 cm³/mol. The van der Waals surface area contributed by atoms with E-state index in [1.165, 1.54) is 0 Å². The molecule has 0 aromatic heterocycles. The molecule has 0 saturated carbocycles. The number of carbonyl (C=O) groups excluding carboxylic acids is 1. The van der Waals surface area contributed by atoms with Crippen molar-refractivity contribution in [1.29, 1.82) is 0 Å². The van der Waals surface area contributed by atoms with Gasteiger partial charge in [0.2, 0.25) is 5.91 Å². The molecule has 2 N–H and O–H groups in total. The minimum atomic E-state index is -0.244. The van der Waals surface area contributed by atoms with Gasteiger partial charge in [-0.05, 0) is 12.3 Å². The smallest absolute Gasteiger partial charge is 0.241 e. The zero-order chi connectivity index (χ0) is 10.6. The van der Waals surface area contributed by atoms with E-state index in [1.807, 2.05) is 0 Å². The summed E-state index contributed by atoms with van der Waals surface area (Å²) in [6, 6.07) is -0.244. The van der Waals surface area contributed by atoms with E-state index in [2.05, 4.69) is 13.8 Å². The molecule has 0 aromatic rings. The van der Waals surface area contributed by atoms with Crippen LogP contribution in [0.5, 0.6) is 0 Å². The van der Waals surface area contributed by atoms with Gasteiger partial charge in [-0.2, -0.15) is 0 Å². The van der Waals surface area contributed by atoms with E-state index < -0.39 is 0 Å². The van der Waals surface area contributed by atoms with Gasteiger partial charge in [-0.25, -0.2) is 0 Å². The summed E-state index contributed by atoms with van der Waals surface area (Å²) in [6.45, 7) is 7.27. The molecule has 1 saturated heterocycles. The lowest BCUT2D eigenvalue weighted by Gasteiger charge is -2.36. The van der Waals surface area contributed by atoms with Crippen LogP contribution in [-0.4, -0.2) is 43.2 Å². The first-order chi connectivity index (χ1) is 6.61. The molecule has 0 aromatic carbocycles. The van der Waals surface area contributed by atoms with Crippen LogP contribution in [0, 0.1) is 5.92 Å².